The first kappa shape index (κ1) is 20.7. The summed E-state index contributed by atoms with van der Waals surface area (Å²) < 4.78 is 34.8. The minimum atomic E-state index is -3.38. The summed E-state index contributed by atoms with van der Waals surface area (Å²) in [4.78, 5) is 2.51. The summed E-state index contributed by atoms with van der Waals surface area (Å²) in [5.41, 5.74) is 1.32. The lowest BCUT2D eigenvalue weighted by molar-refractivity contribution is 0.0601. The lowest BCUT2D eigenvalue weighted by atomic mass is 9.98. The van der Waals surface area contributed by atoms with Gasteiger partial charge in [0.15, 0.2) is 0 Å². The molecular weight excluding hydrogens is 362 g/mol. The van der Waals surface area contributed by atoms with Crippen molar-refractivity contribution in [2.45, 2.75) is 57.2 Å². The summed E-state index contributed by atoms with van der Waals surface area (Å²) in [6.45, 7) is 3.62. The molecule has 6 nitrogen and oxygen atoms in total. The highest BCUT2D eigenvalue weighted by molar-refractivity contribution is 7.87. The maximum atomic E-state index is 12.6. The summed E-state index contributed by atoms with van der Waals surface area (Å²) in [6.07, 6.45) is 6.19. The molecule has 0 bridgehead atoms. The molecule has 2 fully saturated rings. The molecule has 1 atom stereocenters. The van der Waals surface area contributed by atoms with E-state index >= 15 is 0 Å². The van der Waals surface area contributed by atoms with Crippen molar-refractivity contribution < 1.29 is 13.2 Å². The SMILES string of the molecule is COC1CCN(S(=O)(=O)NCC[C@H]2CCCCN2Cc2ccccc2)CC1. The Kier molecular flexibility index (Phi) is 7.66. The van der Waals surface area contributed by atoms with Gasteiger partial charge in [-0.05, 0) is 44.2 Å². The zero-order chi connectivity index (χ0) is 19.1. The van der Waals surface area contributed by atoms with Crippen molar-refractivity contribution >= 4 is 10.2 Å². The minimum absolute atomic E-state index is 0.185. The van der Waals surface area contributed by atoms with Gasteiger partial charge in [0.1, 0.15) is 0 Å². The molecule has 152 valence electrons. The molecule has 2 aliphatic rings. The molecule has 7 heteroatoms. The van der Waals surface area contributed by atoms with Gasteiger partial charge in [-0.3, -0.25) is 4.90 Å². The van der Waals surface area contributed by atoms with Gasteiger partial charge in [-0.15, -0.1) is 0 Å². The Morgan fingerprint density at radius 1 is 1.07 bits per heavy atom. The predicted octanol–water partition coefficient (Wildman–Crippen LogP) is 2.38. The van der Waals surface area contributed by atoms with Gasteiger partial charge in [0.2, 0.25) is 0 Å². The number of nitrogens with one attached hydrogen (secondary N) is 1. The van der Waals surface area contributed by atoms with Crippen molar-refractivity contribution in [2.75, 3.05) is 33.3 Å². The topological polar surface area (TPSA) is 61.9 Å². The molecule has 0 spiro atoms. The van der Waals surface area contributed by atoms with Crippen LogP contribution in [0.1, 0.15) is 44.1 Å². The summed E-state index contributed by atoms with van der Waals surface area (Å²) in [6, 6.07) is 11.0. The summed E-state index contributed by atoms with van der Waals surface area (Å²) >= 11 is 0. The number of hydrogen-bond acceptors (Lipinski definition) is 4. The molecule has 27 heavy (non-hydrogen) atoms. The van der Waals surface area contributed by atoms with Crippen LogP contribution in [0.5, 0.6) is 0 Å². The van der Waals surface area contributed by atoms with Crippen LogP contribution in [0.25, 0.3) is 0 Å². The first-order chi connectivity index (χ1) is 13.1. The van der Waals surface area contributed by atoms with Gasteiger partial charge in [0.05, 0.1) is 6.10 Å². The molecule has 2 saturated heterocycles. The Hall–Kier alpha value is -0.990. The second kappa shape index (κ2) is 9.98. The Labute approximate surface area is 164 Å². The number of nitrogens with zero attached hydrogens (tertiary/aromatic N) is 2. The molecule has 0 unspecified atom stereocenters. The quantitative estimate of drug-likeness (QED) is 0.734. The number of likely N-dealkylation sites (tertiary alicyclic amines) is 1. The van der Waals surface area contributed by atoms with Gasteiger partial charge in [-0.25, -0.2) is 4.72 Å². The van der Waals surface area contributed by atoms with Gasteiger partial charge in [0, 0.05) is 39.3 Å². The number of hydrogen-bond donors (Lipinski definition) is 1. The standard InChI is InChI=1S/C20H33N3O3S/c1-26-20-11-15-23(16-12-20)27(24,25)21-13-10-19-9-5-6-14-22(19)17-18-7-3-2-4-8-18/h2-4,7-8,19-21H,5-6,9-17H2,1H3/t19-/m1/s1. The smallest absolute Gasteiger partial charge is 0.279 e. The van der Waals surface area contributed by atoms with E-state index in [9.17, 15) is 8.42 Å². The van der Waals surface area contributed by atoms with E-state index in [0.29, 0.717) is 25.7 Å². The number of piperidine rings is 2. The third-order valence-electron chi connectivity index (χ3n) is 5.81. The first-order valence-electron chi connectivity index (χ1n) is 10.1. The molecule has 3 rings (SSSR count). The second-order valence-electron chi connectivity index (χ2n) is 7.63. The van der Waals surface area contributed by atoms with Crippen LogP contribution in [0.4, 0.5) is 0 Å². The molecule has 1 N–H and O–H groups in total. The van der Waals surface area contributed by atoms with Crippen molar-refractivity contribution in [1.82, 2.24) is 13.9 Å². The molecule has 0 amide bonds. The summed E-state index contributed by atoms with van der Waals surface area (Å²) in [5, 5.41) is 0. The Bertz CT molecular complexity index is 660. The lowest BCUT2D eigenvalue weighted by Gasteiger charge is -2.36. The second-order valence-corrected chi connectivity index (χ2v) is 9.38. The molecule has 2 heterocycles. The zero-order valence-corrected chi connectivity index (χ0v) is 17.2. The van der Waals surface area contributed by atoms with Crippen molar-refractivity contribution in [3.63, 3.8) is 0 Å². The summed E-state index contributed by atoms with van der Waals surface area (Å²) in [7, 11) is -1.69. The van der Waals surface area contributed by atoms with E-state index in [2.05, 4.69) is 33.9 Å². The maximum Gasteiger partial charge on any atom is 0.279 e. The molecule has 0 radical (unpaired) electrons. The Morgan fingerprint density at radius 2 is 1.81 bits per heavy atom. The van der Waals surface area contributed by atoms with Gasteiger partial charge in [-0.2, -0.15) is 12.7 Å². The zero-order valence-electron chi connectivity index (χ0n) is 16.3. The van der Waals surface area contributed by atoms with Crippen LogP contribution in [0, 0.1) is 0 Å². The molecule has 1 aromatic carbocycles. The molecule has 0 saturated carbocycles. The van der Waals surface area contributed by atoms with E-state index < -0.39 is 10.2 Å². The maximum absolute atomic E-state index is 12.6. The minimum Gasteiger partial charge on any atom is -0.381 e. The molecule has 0 aromatic heterocycles. The fraction of sp³-hybridized carbons (Fsp3) is 0.700. The Balaban J connectivity index is 1.47. The van der Waals surface area contributed by atoms with Gasteiger partial charge >= 0.3 is 0 Å². The van der Waals surface area contributed by atoms with E-state index in [-0.39, 0.29) is 6.10 Å². The lowest BCUT2D eigenvalue weighted by Crippen LogP contribution is -2.47. The van der Waals surface area contributed by atoms with Crippen molar-refractivity contribution in [1.29, 1.82) is 0 Å². The average molecular weight is 396 g/mol. The Morgan fingerprint density at radius 3 is 2.52 bits per heavy atom. The van der Waals surface area contributed by atoms with E-state index in [1.807, 2.05) is 6.07 Å². The van der Waals surface area contributed by atoms with E-state index in [1.165, 1.54) is 18.4 Å². The third-order valence-corrected chi connectivity index (χ3v) is 7.43. The molecule has 2 aliphatic heterocycles. The third kappa shape index (κ3) is 5.99. The van der Waals surface area contributed by atoms with Gasteiger partial charge in [-0.1, -0.05) is 36.8 Å². The van der Waals surface area contributed by atoms with Crippen molar-refractivity contribution in [3.05, 3.63) is 35.9 Å². The van der Waals surface area contributed by atoms with E-state index in [4.69, 9.17) is 4.74 Å². The number of benzene rings is 1. The number of rotatable bonds is 8. The van der Waals surface area contributed by atoms with Crippen LogP contribution < -0.4 is 4.72 Å². The molecular formula is C20H33N3O3S. The van der Waals surface area contributed by atoms with Crippen LogP contribution in [-0.4, -0.2) is 63.1 Å². The van der Waals surface area contributed by atoms with Crippen LogP contribution >= 0.6 is 0 Å². The molecule has 1 aromatic rings. The highest BCUT2D eigenvalue weighted by Gasteiger charge is 2.28. The first-order valence-corrected chi connectivity index (χ1v) is 11.6. The molecule has 0 aliphatic carbocycles. The van der Waals surface area contributed by atoms with Crippen LogP contribution in [0.15, 0.2) is 30.3 Å². The fourth-order valence-electron chi connectivity index (χ4n) is 4.17. The van der Waals surface area contributed by atoms with Crippen LogP contribution in [-0.2, 0) is 21.5 Å². The monoisotopic (exact) mass is 395 g/mol. The largest absolute Gasteiger partial charge is 0.381 e. The van der Waals surface area contributed by atoms with Crippen LogP contribution in [0.2, 0.25) is 0 Å². The van der Waals surface area contributed by atoms with Crippen molar-refractivity contribution in [3.8, 4) is 0 Å². The average Bonchev–Trinajstić information content (AvgIpc) is 2.70. The normalized spacial score (nSPS) is 23.5. The highest BCUT2D eigenvalue weighted by atomic mass is 32.2. The van der Waals surface area contributed by atoms with E-state index in [0.717, 1.165) is 38.8 Å². The van der Waals surface area contributed by atoms with E-state index in [1.54, 1.807) is 11.4 Å². The summed E-state index contributed by atoms with van der Waals surface area (Å²) in [5.74, 6) is 0. The fourth-order valence-corrected chi connectivity index (χ4v) is 5.42. The number of ether oxygens (including phenoxy) is 1. The van der Waals surface area contributed by atoms with Gasteiger partial charge < -0.3 is 4.74 Å². The van der Waals surface area contributed by atoms with Crippen LogP contribution in [0.3, 0.4) is 0 Å². The number of methoxy groups -OCH3 is 1. The predicted molar refractivity (Wildman–Crippen MR) is 108 cm³/mol. The highest BCUT2D eigenvalue weighted by Crippen LogP contribution is 2.22. The van der Waals surface area contributed by atoms with Gasteiger partial charge in [0.25, 0.3) is 10.2 Å². The van der Waals surface area contributed by atoms with Crippen molar-refractivity contribution in [2.24, 2.45) is 0 Å².